The standard InChI is InChI=1S/C19H26FN5O/c1-23(2)12-13-24-11-8-21-18(24)15-6-9-25(10-7-15)19(26)22-17-5-3-4-16(20)14-17/h3-5,8,11,14-15H,6-7,9-10,12-13H2,1-2H3,(H,22,26). The molecule has 1 aromatic carbocycles. The number of piperidine rings is 1. The van der Waals surface area contributed by atoms with E-state index in [0.717, 1.165) is 31.8 Å². The molecule has 140 valence electrons. The van der Waals surface area contributed by atoms with Crippen LogP contribution in [0.2, 0.25) is 0 Å². The first kappa shape index (κ1) is 18.4. The number of rotatable bonds is 5. The summed E-state index contributed by atoms with van der Waals surface area (Å²) in [4.78, 5) is 20.9. The van der Waals surface area contributed by atoms with Gasteiger partial charge in [-0.25, -0.2) is 14.2 Å². The van der Waals surface area contributed by atoms with E-state index in [-0.39, 0.29) is 11.8 Å². The van der Waals surface area contributed by atoms with Gasteiger partial charge in [0.2, 0.25) is 0 Å². The molecular formula is C19H26FN5O. The smallest absolute Gasteiger partial charge is 0.321 e. The molecule has 1 aliphatic rings. The van der Waals surface area contributed by atoms with Gasteiger partial charge in [0.05, 0.1) is 0 Å². The lowest BCUT2D eigenvalue weighted by molar-refractivity contribution is 0.192. The molecule has 7 heteroatoms. The van der Waals surface area contributed by atoms with Crippen molar-refractivity contribution in [2.75, 3.05) is 39.0 Å². The highest BCUT2D eigenvalue weighted by molar-refractivity contribution is 5.89. The molecule has 0 atom stereocenters. The molecule has 0 spiro atoms. The van der Waals surface area contributed by atoms with E-state index in [1.165, 1.54) is 12.1 Å². The molecule has 0 aliphatic carbocycles. The summed E-state index contributed by atoms with van der Waals surface area (Å²) in [5, 5.41) is 2.77. The summed E-state index contributed by atoms with van der Waals surface area (Å²) in [5.74, 6) is 1.12. The number of carbonyl (C=O) groups excluding carboxylic acids is 1. The first-order valence-corrected chi connectivity index (χ1v) is 9.00. The zero-order valence-corrected chi connectivity index (χ0v) is 15.4. The minimum absolute atomic E-state index is 0.176. The zero-order chi connectivity index (χ0) is 18.5. The highest BCUT2D eigenvalue weighted by Gasteiger charge is 2.26. The van der Waals surface area contributed by atoms with Crippen LogP contribution >= 0.6 is 0 Å². The normalized spacial score (nSPS) is 15.5. The summed E-state index contributed by atoms with van der Waals surface area (Å²) < 4.78 is 15.5. The Hall–Kier alpha value is -2.41. The van der Waals surface area contributed by atoms with Gasteiger partial charge in [-0.1, -0.05) is 6.07 Å². The Morgan fingerprint density at radius 2 is 2.12 bits per heavy atom. The summed E-state index contributed by atoms with van der Waals surface area (Å²) in [6, 6.07) is 5.79. The SMILES string of the molecule is CN(C)CCn1ccnc1C1CCN(C(=O)Nc2cccc(F)c2)CC1. The minimum Gasteiger partial charge on any atom is -0.333 e. The van der Waals surface area contributed by atoms with Gasteiger partial charge in [-0.3, -0.25) is 0 Å². The average Bonchev–Trinajstić information content (AvgIpc) is 3.08. The van der Waals surface area contributed by atoms with Gasteiger partial charge in [0.25, 0.3) is 0 Å². The summed E-state index contributed by atoms with van der Waals surface area (Å²) in [6.07, 6.45) is 5.65. The predicted molar refractivity (Wildman–Crippen MR) is 99.7 cm³/mol. The maximum atomic E-state index is 13.2. The van der Waals surface area contributed by atoms with Gasteiger partial charge in [-0.05, 0) is 45.1 Å². The van der Waals surface area contributed by atoms with E-state index in [4.69, 9.17) is 0 Å². The van der Waals surface area contributed by atoms with Gasteiger partial charge in [0.15, 0.2) is 0 Å². The largest absolute Gasteiger partial charge is 0.333 e. The molecule has 1 aromatic heterocycles. The first-order valence-electron chi connectivity index (χ1n) is 9.00. The molecule has 3 rings (SSSR count). The van der Waals surface area contributed by atoms with Crippen molar-refractivity contribution in [1.82, 2.24) is 19.4 Å². The van der Waals surface area contributed by atoms with Crippen molar-refractivity contribution in [2.45, 2.75) is 25.3 Å². The Bertz CT molecular complexity index is 737. The molecule has 1 saturated heterocycles. The number of imidazole rings is 1. The molecular weight excluding hydrogens is 333 g/mol. The Morgan fingerprint density at radius 3 is 2.81 bits per heavy atom. The highest BCUT2D eigenvalue weighted by Crippen LogP contribution is 2.27. The number of urea groups is 1. The van der Waals surface area contributed by atoms with Crippen LogP contribution < -0.4 is 5.32 Å². The molecule has 0 bridgehead atoms. The summed E-state index contributed by atoms with van der Waals surface area (Å²) >= 11 is 0. The van der Waals surface area contributed by atoms with Crippen molar-refractivity contribution in [2.24, 2.45) is 0 Å². The van der Waals surface area contributed by atoms with Crippen LogP contribution in [0, 0.1) is 5.82 Å². The lowest BCUT2D eigenvalue weighted by atomic mass is 9.96. The quantitative estimate of drug-likeness (QED) is 0.893. The van der Waals surface area contributed by atoms with Gasteiger partial charge in [0.1, 0.15) is 11.6 Å². The van der Waals surface area contributed by atoms with Gasteiger partial charge >= 0.3 is 6.03 Å². The Kier molecular flexibility index (Phi) is 5.88. The Morgan fingerprint density at radius 1 is 1.35 bits per heavy atom. The third kappa shape index (κ3) is 4.60. The number of nitrogens with zero attached hydrogens (tertiary/aromatic N) is 4. The van der Waals surface area contributed by atoms with Crippen LogP contribution in [0.3, 0.4) is 0 Å². The predicted octanol–water partition coefficient (Wildman–Crippen LogP) is 3.00. The highest BCUT2D eigenvalue weighted by atomic mass is 19.1. The molecule has 2 heterocycles. The lowest BCUT2D eigenvalue weighted by Crippen LogP contribution is -2.41. The molecule has 1 fully saturated rings. The molecule has 0 unspecified atom stereocenters. The summed E-state index contributed by atoms with van der Waals surface area (Å²) in [5.41, 5.74) is 0.483. The minimum atomic E-state index is -0.355. The first-order chi connectivity index (χ1) is 12.5. The van der Waals surface area contributed by atoms with E-state index in [1.54, 1.807) is 17.0 Å². The fourth-order valence-corrected chi connectivity index (χ4v) is 3.29. The number of anilines is 1. The Balaban J connectivity index is 1.54. The van der Waals surface area contributed by atoms with Crippen molar-refractivity contribution in [1.29, 1.82) is 0 Å². The molecule has 0 radical (unpaired) electrons. The number of aromatic nitrogens is 2. The zero-order valence-electron chi connectivity index (χ0n) is 15.4. The van der Waals surface area contributed by atoms with Gasteiger partial charge in [0, 0.05) is 50.2 Å². The van der Waals surface area contributed by atoms with Crippen molar-refractivity contribution >= 4 is 11.7 Å². The van der Waals surface area contributed by atoms with Crippen LogP contribution in [0.4, 0.5) is 14.9 Å². The maximum Gasteiger partial charge on any atom is 0.321 e. The second-order valence-corrected chi connectivity index (χ2v) is 6.98. The molecule has 26 heavy (non-hydrogen) atoms. The number of nitrogens with one attached hydrogen (secondary N) is 1. The van der Waals surface area contributed by atoms with Crippen molar-refractivity contribution < 1.29 is 9.18 Å². The van der Waals surface area contributed by atoms with Gasteiger partial charge in [-0.15, -0.1) is 0 Å². The van der Waals surface area contributed by atoms with E-state index in [1.807, 2.05) is 12.4 Å². The summed E-state index contributed by atoms with van der Waals surface area (Å²) in [6.45, 7) is 3.24. The van der Waals surface area contributed by atoms with Crippen LogP contribution in [-0.2, 0) is 6.54 Å². The summed E-state index contributed by atoms with van der Waals surface area (Å²) in [7, 11) is 4.12. The third-order valence-corrected chi connectivity index (χ3v) is 4.76. The fourth-order valence-electron chi connectivity index (χ4n) is 3.29. The maximum absolute atomic E-state index is 13.2. The molecule has 0 saturated carbocycles. The number of hydrogen-bond acceptors (Lipinski definition) is 3. The van der Waals surface area contributed by atoms with Gasteiger partial charge in [-0.2, -0.15) is 0 Å². The number of likely N-dealkylation sites (tertiary alicyclic amines) is 1. The molecule has 2 amide bonds. The van der Waals surface area contributed by atoms with Crippen LogP contribution in [0.5, 0.6) is 0 Å². The lowest BCUT2D eigenvalue weighted by Gasteiger charge is -2.32. The van der Waals surface area contributed by atoms with E-state index >= 15 is 0 Å². The van der Waals surface area contributed by atoms with E-state index in [2.05, 4.69) is 33.9 Å². The third-order valence-electron chi connectivity index (χ3n) is 4.76. The number of carbonyl (C=O) groups is 1. The van der Waals surface area contributed by atoms with E-state index < -0.39 is 0 Å². The molecule has 2 aromatic rings. The molecule has 1 N–H and O–H groups in total. The van der Waals surface area contributed by atoms with Crippen LogP contribution in [0.25, 0.3) is 0 Å². The van der Waals surface area contributed by atoms with Crippen LogP contribution in [-0.4, -0.2) is 59.1 Å². The molecule has 6 nitrogen and oxygen atoms in total. The average molecular weight is 359 g/mol. The number of benzene rings is 1. The monoisotopic (exact) mass is 359 g/mol. The fraction of sp³-hybridized carbons (Fsp3) is 0.474. The van der Waals surface area contributed by atoms with Crippen molar-refractivity contribution in [3.63, 3.8) is 0 Å². The van der Waals surface area contributed by atoms with Crippen LogP contribution in [0.1, 0.15) is 24.6 Å². The second-order valence-electron chi connectivity index (χ2n) is 6.98. The number of likely N-dealkylation sites (N-methyl/N-ethyl adjacent to an activating group) is 1. The second kappa shape index (κ2) is 8.31. The Labute approximate surface area is 153 Å². The topological polar surface area (TPSA) is 53.4 Å². The van der Waals surface area contributed by atoms with Crippen molar-refractivity contribution in [3.05, 3.63) is 48.3 Å². The van der Waals surface area contributed by atoms with E-state index in [9.17, 15) is 9.18 Å². The van der Waals surface area contributed by atoms with Crippen LogP contribution in [0.15, 0.2) is 36.7 Å². The number of halogens is 1. The number of hydrogen-bond donors (Lipinski definition) is 1. The van der Waals surface area contributed by atoms with Gasteiger partial charge < -0.3 is 19.7 Å². The molecule has 1 aliphatic heterocycles. The van der Waals surface area contributed by atoms with Crippen molar-refractivity contribution in [3.8, 4) is 0 Å². The number of amides is 2. The van der Waals surface area contributed by atoms with E-state index in [0.29, 0.717) is 24.7 Å².